The van der Waals surface area contributed by atoms with Gasteiger partial charge in [-0.25, -0.2) is 4.39 Å². The number of H-pyrrole nitrogens is 1. The topological polar surface area (TPSA) is 102 Å². The number of aryl methyl sites for hydroxylation is 2. The van der Waals surface area contributed by atoms with Gasteiger partial charge in [0.2, 0.25) is 5.91 Å². The maximum atomic E-state index is 13.8. The van der Waals surface area contributed by atoms with Gasteiger partial charge in [0.25, 0.3) is 0 Å². The van der Waals surface area contributed by atoms with Crippen LogP contribution in [-0.4, -0.2) is 31.2 Å². The molecule has 2 aromatic heterocycles. The molecule has 0 bridgehead atoms. The van der Waals surface area contributed by atoms with E-state index >= 15 is 0 Å². The molecule has 0 aliphatic heterocycles. The SMILES string of the molecule is CC(C)(N)C(=O)N[C@H](CC1=CCc2ccccc21)c1nnc(CCc2c[nH]c3ccccc23)n1Cc1ccc(F)cc1. The van der Waals surface area contributed by atoms with E-state index in [0.29, 0.717) is 25.2 Å². The first-order chi connectivity index (χ1) is 20.3. The Hall–Kier alpha value is -4.56. The molecule has 8 heteroatoms. The molecule has 4 N–H and O–H groups in total. The Bertz CT molecular complexity index is 1760. The normalized spacial score (nSPS) is 13.7. The third-order valence-electron chi connectivity index (χ3n) is 7.96. The first-order valence-electron chi connectivity index (χ1n) is 14.3. The van der Waals surface area contributed by atoms with Crippen molar-refractivity contribution in [2.24, 2.45) is 5.73 Å². The number of hydrogen-bond donors (Lipinski definition) is 3. The molecule has 214 valence electrons. The number of nitrogens with one attached hydrogen (secondary N) is 2. The number of nitrogens with zero attached hydrogens (tertiary/aromatic N) is 3. The Kier molecular flexibility index (Phi) is 7.47. The van der Waals surface area contributed by atoms with Crippen LogP contribution in [0.1, 0.15) is 60.2 Å². The van der Waals surface area contributed by atoms with E-state index in [1.165, 1.54) is 34.2 Å². The van der Waals surface area contributed by atoms with Crippen molar-refractivity contribution in [1.82, 2.24) is 25.1 Å². The lowest BCUT2D eigenvalue weighted by Crippen LogP contribution is -2.50. The fourth-order valence-corrected chi connectivity index (χ4v) is 5.64. The highest BCUT2D eigenvalue weighted by molar-refractivity contribution is 5.86. The molecule has 1 atom stereocenters. The number of para-hydroxylation sites is 1. The lowest BCUT2D eigenvalue weighted by molar-refractivity contribution is -0.126. The summed E-state index contributed by atoms with van der Waals surface area (Å²) in [6.07, 6.45) is 7.07. The smallest absolute Gasteiger partial charge is 0.240 e. The van der Waals surface area contributed by atoms with Crippen LogP contribution < -0.4 is 11.1 Å². The van der Waals surface area contributed by atoms with Gasteiger partial charge >= 0.3 is 0 Å². The second-order valence-electron chi connectivity index (χ2n) is 11.6. The third-order valence-corrected chi connectivity index (χ3v) is 7.96. The lowest BCUT2D eigenvalue weighted by Gasteiger charge is -2.25. The molecule has 6 rings (SSSR count). The van der Waals surface area contributed by atoms with Crippen LogP contribution in [0.2, 0.25) is 0 Å². The van der Waals surface area contributed by atoms with Gasteiger partial charge in [-0.15, -0.1) is 10.2 Å². The van der Waals surface area contributed by atoms with Crippen molar-refractivity contribution in [2.45, 2.75) is 57.7 Å². The fraction of sp³-hybridized carbons (Fsp3) is 0.265. The molecule has 42 heavy (non-hydrogen) atoms. The zero-order chi connectivity index (χ0) is 29.3. The van der Waals surface area contributed by atoms with E-state index in [0.717, 1.165) is 35.3 Å². The molecule has 7 nitrogen and oxygen atoms in total. The monoisotopic (exact) mass is 562 g/mol. The molecular weight excluding hydrogens is 527 g/mol. The Balaban J connectivity index is 1.36. The molecule has 0 saturated heterocycles. The Morgan fingerprint density at radius 2 is 1.81 bits per heavy atom. The van der Waals surface area contributed by atoms with Gasteiger partial charge in [0, 0.05) is 29.9 Å². The minimum atomic E-state index is -1.07. The van der Waals surface area contributed by atoms with Gasteiger partial charge in [-0.2, -0.15) is 0 Å². The first-order valence-corrected chi connectivity index (χ1v) is 14.3. The summed E-state index contributed by atoms with van der Waals surface area (Å²) in [5.74, 6) is 0.892. The van der Waals surface area contributed by atoms with Crippen LogP contribution >= 0.6 is 0 Å². The number of nitrogens with two attached hydrogens (primary N) is 1. The molecule has 0 saturated carbocycles. The molecule has 3 aromatic carbocycles. The molecule has 5 aromatic rings. The molecule has 1 amide bonds. The van der Waals surface area contributed by atoms with Crippen molar-refractivity contribution in [3.05, 3.63) is 125 Å². The number of aromatic amines is 1. The molecule has 0 radical (unpaired) electrons. The van der Waals surface area contributed by atoms with Crippen molar-refractivity contribution in [1.29, 1.82) is 0 Å². The summed E-state index contributed by atoms with van der Waals surface area (Å²) in [6, 6.07) is 22.6. The average Bonchev–Trinajstić information content (AvgIpc) is 3.69. The average molecular weight is 563 g/mol. The Morgan fingerprint density at radius 3 is 2.62 bits per heavy atom. The van der Waals surface area contributed by atoms with Crippen molar-refractivity contribution < 1.29 is 9.18 Å². The summed E-state index contributed by atoms with van der Waals surface area (Å²) in [6.45, 7) is 3.83. The van der Waals surface area contributed by atoms with Crippen LogP contribution in [0.3, 0.4) is 0 Å². The van der Waals surface area contributed by atoms with Crippen molar-refractivity contribution in [3.8, 4) is 0 Å². The summed E-state index contributed by atoms with van der Waals surface area (Å²) in [5.41, 5.74) is 12.0. The van der Waals surface area contributed by atoms with Gasteiger partial charge < -0.3 is 20.6 Å². The Morgan fingerprint density at radius 1 is 1.05 bits per heavy atom. The van der Waals surface area contributed by atoms with E-state index in [1.54, 1.807) is 26.0 Å². The van der Waals surface area contributed by atoms with Gasteiger partial charge in [-0.3, -0.25) is 4.79 Å². The van der Waals surface area contributed by atoms with E-state index < -0.39 is 11.6 Å². The number of allylic oxidation sites excluding steroid dienone is 1. The van der Waals surface area contributed by atoms with Crippen LogP contribution in [0.25, 0.3) is 16.5 Å². The summed E-state index contributed by atoms with van der Waals surface area (Å²) in [4.78, 5) is 16.6. The summed E-state index contributed by atoms with van der Waals surface area (Å²) < 4.78 is 15.8. The number of benzene rings is 3. The molecule has 2 heterocycles. The van der Waals surface area contributed by atoms with Crippen molar-refractivity contribution in [3.63, 3.8) is 0 Å². The minimum absolute atomic E-state index is 0.268. The number of hydrogen-bond acceptors (Lipinski definition) is 4. The van der Waals surface area contributed by atoms with Gasteiger partial charge in [-0.1, -0.05) is 60.7 Å². The second-order valence-corrected chi connectivity index (χ2v) is 11.6. The summed E-state index contributed by atoms with van der Waals surface area (Å²) >= 11 is 0. The summed E-state index contributed by atoms with van der Waals surface area (Å²) in [7, 11) is 0. The lowest BCUT2D eigenvalue weighted by atomic mass is 9.98. The molecule has 0 spiro atoms. The van der Waals surface area contributed by atoms with Crippen LogP contribution in [0, 0.1) is 5.82 Å². The standard InChI is InChI=1S/C34H35FN6O/c1-34(2,36)33(42)38-30(19-24-14-13-23-7-3-4-8-27(23)24)32-40-39-31(41(32)21-22-11-16-26(35)17-12-22)18-15-25-20-37-29-10-6-5-9-28(25)29/h3-12,14,16-17,20,30,37H,13,15,18-19,21,36H2,1-2H3,(H,38,42)/t30-/m1/s1. The van der Waals surface area contributed by atoms with Crippen LogP contribution in [0.5, 0.6) is 0 Å². The highest BCUT2D eigenvalue weighted by Gasteiger charge is 2.30. The number of carbonyl (C=O) groups excluding carboxylic acids is 1. The maximum absolute atomic E-state index is 13.8. The fourth-order valence-electron chi connectivity index (χ4n) is 5.64. The molecular formula is C34H35FN6O. The number of amides is 1. The van der Waals surface area contributed by atoms with Crippen LogP contribution in [-0.2, 0) is 30.6 Å². The third kappa shape index (κ3) is 5.76. The highest BCUT2D eigenvalue weighted by atomic mass is 19.1. The second kappa shape index (κ2) is 11.4. The van der Waals surface area contributed by atoms with Crippen molar-refractivity contribution >= 4 is 22.4 Å². The largest absolute Gasteiger partial charge is 0.361 e. The minimum Gasteiger partial charge on any atom is -0.361 e. The van der Waals surface area contributed by atoms with Gasteiger partial charge in [0.05, 0.1) is 18.1 Å². The highest BCUT2D eigenvalue weighted by Crippen LogP contribution is 2.34. The maximum Gasteiger partial charge on any atom is 0.240 e. The van der Waals surface area contributed by atoms with Gasteiger partial charge in [-0.05, 0) is 72.7 Å². The molecule has 1 aliphatic rings. The number of aromatic nitrogens is 4. The quantitative estimate of drug-likeness (QED) is 0.205. The predicted molar refractivity (Wildman–Crippen MR) is 163 cm³/mol. The number of fused-ring (bicyclic) bond motifs is 2. The van der Waals surface area contributed by atoms with E-state index in [2.05, 4.69) is 55.4 Å². The van der Waals surface area contributed by atoms with E-state index in [9.17, 15) is 9.18 Å². The van der Waals surface area contributed by atoms with Crippen LogP contribution in [0.15, 0.2) is 85.1 Å². The van der Waals surface area contributed by atoms with E-state index in [-0.39, 0.29) is 11.7 Å². The number of halogens is 1. The van der Waals surface area contributed by atoms with Gasteiger partial charge in [0.15, 0.2) is 5.82 Å². The summed E-state index contributed by atoms with van der Waals surface area (Å²) in [5, 5.41) is 13.7. The predicted octanol–water partition coefficient (Wildman–Crippen LogP) is 5.66. The van der Waals surface area contributed by atoms with E-state index in [1.807, 2.05) is 30.5 Å². The van der Waals surface area contributed by atoms with Gasteiger partial charge in [0.1, 0.15) is 11.6 Å². The van der Waals surface area contributed by atoms with E-state index in [4.69, 9.17) is 5.73 Å². The first kappa shape index (κ1) is 27.6. The number of rotatable bonds is 10. The van der Waals surface area contributed by atoms with Crippen LogP contribution in [0.4, 0.5) is 4.39 Å². The zero-order valence-electron chi connectivity index (χ0n) is 23.9. The number of carbonyl (C=O) groups is 1. The zero-order valence-corrected chi connectivity index (χ0v) is 23.9. The Labute approximate surface area is 244 Å². The molecule has 0 fully saturated rings. The van der Waals surface area contributed by atoms with Crippen molar-refractivity contribution in [2.75, 3.05) is 0 Å². The molecule has 1 aliphatic carbocycles. The molecule has 0 unspecified atom stereocenters.